The van der Waals surface area contributed by atoms with Crippen LogP contribution in [0.5, 0.6) is 0 Å². The van der Waals surface area contributed by atoms with E-state index in [1.807, 2.05) is 23.6 Å². The van der Waals surface area contributed by atoms with E-state index in [0.29, 0.717) is 58.2 Å². The fourth-order valence-electron chi connectivity index (χ4n) is 4.06. The molecule has 3 rings (SSSR count). The number of alkyl halides is 3. The van der Waals surface area contributed by atoms with Crippen LogP contribution in [0.2, 0.25) is 0 Å². The van der Waals surface area contributed by atoms with E-state index in [2.05, 4.69) is 0 Å². The SMILES string of the molecule is CCCCOC(=O)N1CCN(Cc2ccc(N3CCOCC3)cc2C(F)(F)F)C[C@H]1C. The Labute approximate surface area is 181 Å². The van der Waals surface area contributed by atoms with E-state index in [9.17, 15) is 18.0 Å². The van der Waals surface area contributed by atoms with Crippen molar-refractivity contribution in [1.29, 1.82) is 0 Å². The van der Waals surface area contributed by atoms with Gasteiger partial charge in [0.1, 0.15) is 0 Å². The molecule has 1 aromatic rings. The van der Waals surface area contributed by atoms with Gasteiger partial charge in [0.2, 0.25) is 0 Å². The van der Waals surface area contributed by atoms with Gasteiger partial charge in [0.15, 0.2) is 0 Å². The summed E-state index contributed by atoms with van der Waals surface area (Å²) in [6.45, 7) is 8.19. The van der Waals surface area contributed by atoms with E-state index in [1.165, 1.54) is 6.07 Å². The molecule has 0 unspecified atom stereocenters. The second kappa shape index (κ2) is 10.5. The summed E-state index contributed by atoms with van der Waals surface area (Å²) in [6.07, 6.45) is -3.00. The maximum Gasteiger partial charge on any atom is 0.416 e. The Morgan fingerprint density at radius 1 is 1.19 bits per heavy atom. The molecule has 0 aromatic heterocycles. The largest absolute Gasteiger partial charge is 0.449 e. The normalized spacial score (nSPS) is 20.7. The molecular weight excluding hydrogens is 411 g/mol. The molecule has 0 radical (unpaired) electrons. The highest BCUT2D eigenvalue weighted by atomic mass is 19.4. The lowest BCUT2D eigenvalue weighted by molar-refractivity contribution is -0.138. The fraction of sp³-hybridized carbons (Fsp3) is 0.682. The minimum atomic E-state index is -4.42. The standard InChI is InChI=1S/C22H32F3N3O3/c1-3-4-11-31-21(29)28-8-7-26(15-17(28)2)16-18-5-6-19(14-20(18)22(23,24)25)27-9-12-30-13-10-27/h5-6,14,17H,3-4,7-13,15-16H2,1-2H3/t17-/m1/s1. The molecule has 0 bridgehead atoms. The molecule has 2 aliphatic heterocycles. The van der Waals surface area contributed by atoms with Crippen LogP contribution in [0.3, 0.4) is 0 Å². The van der Waals surface area contributed by atoms with Gasteiger partial charge in [-0.15, -0.1) is 0 Å². The Bertz CT molecular complexity index is 738. The van der Waals surface area contributed by atoms with Gasteiger partial charge in [-0.25, -0.2) is 4.79 Å². The number of halogens is 3. The van der Waals surface area contributed by atoms with Crippen LogP contribution in [-0.2, 0) is 22.2 Å². The molecule has 6 nitrogen and oxygen atoms in total. The number of nitrogens with zero attached hydrogens (tertiary/aromatic N) is 3. The van der Waals surface area contributed by atoms with Gasteiger partial charge in [0, 0.05) is 51.0 Å². The predicted molar refractivity (Wildman–Crippen MR) is 112 cm³/mol. The van der Waals surface area contributed by atoms with Crippen molar-refractivity contribution in [3.8, 4) is 0 Å². The first-order valence-electron chi connectivity index (χ1n) is 11.0. The van der Waals surface area contributed by atoms with Gasteiger partial charge in [-0.1, -0.05) is 19.4 Å². The smallest absolute Gasteiger partial charge is 0.416 e. The number of piperazine rings is 1. The van der Waals surface area contributed by atoms with E-state index in [4.69, 9.17) is 9.47 Å². The zero-order valence-corrected chi connectivity index (χ0v) is 18.3. The van der Waals surface area contributed by atoms with Crippen molar-refractivity contribution in [3.63, 3.8) is 0 Å². The van der Waals surface area contributed by atoms with E-state index < -0.39 is 11.7 Å². The monoisotopic (exact) mass is 443 g/mol. The van der Waals surface area contributed by atoms with Crippen LogP contribution in [0, 0.1) is 0 Å². The Balaban J connectivity index is 1.66. The summed E-state index contributed by atoms with van der Waals surface area (Å²) >= 11 is 0. The predicted octanol–water partition coefficient (Wildman–Crippen LogP) is 3.98. The Morgan fingerprint density at radius 3 is 2.58 bits per heavy atom. The number of rotatable bonds is 6. The van der Waals surface area contributed by atoms with Gasteiger partial charge >= 0.3 is 12.3 Å². The van der Waals surface area contributed by atoms with E-state index >= 15 is 0 Å². The lowest BCUT2D eigenvalue weighted by Gasteiger charge is -2.39. The topological polar surface area (TPSA) is 45.2 Å². The number of ether oxygens (including phenoxy) is 2. The van der Waals surface area contributed by atoms with E-state index in [-0.39, 0.29) is 24.2 Å². The average Bonchev–Trinajstić information content (AvgIpc) is 2.74. The minimum Gasteiger partial charge on any atom is -0.449 e. The summed E-state index contributed by atoms with van der Waals surface area (Å²) in [7, 11) is 0. The Hall–Kier alpha value is -2.00. The summed E-state index contributed by atoms with van der Waals surface area (Å²) in [5, 5.41) is 0. The van der Waals surface area contributed by atoms with Crippen LogP contribution in [0.4, 0.5) is 23.7 Å². The third-order valence-corrected chi connectivity index (χ3v) is 5.84. The maximum atomic E-state index is 13.8. The molecule has 0 spiro atoms. The molecule has 31 heavy (non-hydrogen) atoms. The van der Waals surface area contributed by atoms with Gasteiger partial charge in [-0.05, 0) is 31.0 Å². The first kappa shape index (κ1) is 23.7. The van der Waals surface area contributed by atoms with Crippen LogP contribution in [0.1, 0.15) is 37.8 Å². The van der Waals surface area contributed by atoms with Crippen LogP contribution >= 0.6 is 0 Å². The number of hydrogen-bond acceptors (Lipinski definition) is 5. The Kier molecular flexibility index (Phi) is 8.05. The number of hydrogen-bond donors (Lipinski definition) is 0. The third-order valence-electron chi connectivity index (χ3n) is 5.84. The molecule has 2 fully saturated rings. The zero-order chi connectivity index (χ0) is 22.4. The summed E-state index contributed by atoms with van der Waals surface area (Å²) in [5.41, 5.74) is 0.244. The van der Waals surface area contributed by atoms with Gasteiger partial charge in [-0.2, -0.15) is 13.2 Å². The van der Waals surface area contributed by atoms with Gasteiger partial charge < -0.3 is 19.3 Å². The quantitative estimate of drug-likeness (QED) is 0.623. The molecule has 9 heteroatoms. The highest BCUT2D eigenvalue weighted by Gasteiger charge is 2.35. The summed E-state index contributed by atoms with van der Waals surface area (Å²) < 4.78 is 52.0. The second-order valence-corrected chi connectivity index (χ2v) is 8.18. The maximum absolute atomic E-state index is 13.8. The van der Waals surface area contributed by atoms with Crippen LogP contribution in [0.25, 0.3) is 0 Å². The molecular formula is C22H32F3N3O3. The molecule has 1 atom stereocenters. The molecule has 1 aromatic carbocycles. The molecule has 0 aliphatic carbocycles. The number of anilines is 1. The highest BCUT2D eigenvalue weighted by Crippen LogP contribution is 2.35. The molecule has 0 saturated carbocycles. The number of amides is 1. The first-order chi connectivity index (χ1) is 14.8. The summed E-state index contributed by atoms with van der Waals surface area (Å²) in [5.74, 6) is 0. The minimum absolute atomic E-state index is 0.121. The molecule has 2 heterocycles. The van der Waals surface area contributed by atoms with E-state index in [1.54, 1.807) is 17.0 Å². The number of morpholine rings is 1. The zero-order valence-electron chi connectivity index (χ0n) is 18.3. The molecule has 2 saturated heterocycles. The van der Waals surface area contributed by atoms with Gasteiger partial charge in [-0.3, -0.25) is 4.90 Å². The number of unbranched alkanes of at least 4 members (excludes halogenated alkanes) is 1. The van der Waals surface area contributed by atoms with Crippen molar-refractivity contribution < 1.29 is 27.4 Å². The average molecular weight is 444 g/mol. The van der Waals surface area contributed by atoms with Crippen molar-refractivity contribution >= 4 is 11.8 Å². The first-order valence-corrected chi connectivity index (χ1v) is 11.0. The summed E-state index contributed by atoms with van der Waals surface area (Å²) in [4.78, 5) is 17.8. The fourth-order valence-corrected chi connectivity index (χ4v) is 4.06. The molecule has 2 aliphatic rings. The van der Waals surface area contributed by atoms with Gasteiger partial charge in [0.05, 0.1) is 25.4 Å². The molecule has 0 N–H and O–H groups in total. The number of benzene rings is 1. The lowest BCUT2D eigenvalue weighted by atomic mass is 10.0. The van der Waals surface area contributed by atoms with Crippen LogP contribution in [-0.4, -0.2) is 74.5 Å². The molecule has 1 amide bonds. The molecule has 174 valence electrons. The van der Waals surface area contributed by atoms with Crippen molar-refractivity contribution in [1.82, 2.24) is 9.80 Å². The third kappa shape index (κ3) is 6.26. The second-order valence-electron chi connectivity index (χ2n) is 8.18. The number of carbonyl (C=O) groups is 1. The van der Waals surface area contributed by atoms with Crippen molar-refractivity contribution in [2.45, 2.75) is 45.5 Å². The van der Waals surface area contributed by atoms with E-state index in [0.717, 1.165) is 12.8 Å². The van der Waals surface area contributed by atoms with Crippen molar-refractivity contribution in [2.24, 2.45) is 0 Å². The van der Waals surface area contributed by atoms with Crippen molar-refractivity contribution in [2.75, 3.05) is 57.4 Å². The highest BCUT2D eigenvalue weighted by molar-refractivity contribution is 5.68. The van der Waals surface area contributed by atoms with Crippen molar-refractivity contribution in [3.05, 3.63) is 29.3 Å². The Morgan fingerprint density at radius 2 is 1.94 bits per heavy atom. The van der Waals surface area contributed by atoms with Gasteiger partial charge in [0.25, 0.3) is 0 Å². The summed E-state index contributed by atoms with van der Waals surface area (Å²) in [6, 6.07) is 4.49. The van der Waals surface area contributed by atoms with Crippen LogP contribution in [0.15, 0.2) is 18.2 Å². The lowest BCUT2D eigenvalue weighted by Crippen LogP contribution is -2.53. The van der Waals surface area contributed by atoms with Crippen LogP contribution < -0.4 is 4.90 Å². The number of carbonyl (C=O) groups excluding carboxylic acids is 1.